The molecule has 2 heteroatoms. The zero-order valence-electron chi connectivity index (χ0n) is 14.3. The van der Waals surface area contributed by atoms with Gasteiger partial charge in [-0.25, -0.2) is 0 Å². The van der Waals surface area contributed by atoms with Gasteiger partial charge in [0.15, 0.2) is 0 Å². The molecule has 0 amide bonds. The molecule has 0 saturated heterocycles. The number of carbonyl (C=O) groups excluding carboxylic acids is 1. The van der Waals surface area contributed by atoms with Crippen molar-refractivity contribution in [1.29, 1.82) is 0 Å². The molecule has 2 aliphatic rings. The number of carbonyl (C=O) groups is 1. The van der Waals surface area contributed by atoms with Crippen molar-refractivity contribution in [2.45, 2.75) is 78.7 Å². The van der Waals surface area contributed by atoms with Crippen LogP contribution in [0.5, 0.6) is 0 Å². The normalized spacial score (nSPS) is 35.8. The van der Waals surface area contributed by atoms with Crippen molar-refractivity contribution in [2.24, 2.45) is 35.0 Å². The van der Waals surface area contributed by atoms with Crippen molar-refractivity contribution in [3.05, 3.63) is 0 Å². The molecule has 122 valence electrons. The van der Waals surface area contributed by atoms with Crippen molar-refractivity contribution >= 4 is 6.29 Å². The van der Waals surface area contributed by atoms with Gasteiger partial charge >= 0.3 is 0 Å². The molecule has 0 radical (unpaired) electrons. The summed E-state index contributed by atoms with van der Waals surface area (Å²) in [5.74, 6) is 2.94. The predicted octanol–water partition coefficient (Wildman–Crippen LogP) is 4.45. The Kier molecular flexibility index (Phi) is 5.51. The van der Waals surface area contributed by atoms with Crippen LogP contribution in [0.25, 0.3) is 0 Å². The van der Waals surface area contributed by atoms with Crippen molar-refractivity contribution in [3.8, 4) is 0 Å². The van der Waals surface area contributed by atoms with Crippen molar-refractivity contribution in [2.75, 3.05) is 0 Å². The van der Waals surface area contributed by atoms with E-state index in [1.54, 1.807) is 0 Å². The molecule has 0 spiro atoms. The van der Waals surface area contributed by atoms with Crippen LogP contribution < -0.4 is 0 Å². The first-order chi connectivity index (χ1) is 9.83. The minimum Gasteiger partial charge on any atom is -0.393 e. The zero-order chi connectivity index (χ0) is 15.6. The van der Waals surface area contributed by atoms with Gasteiger partial charge in [-0.1, -0.05) is 34.1 Å². The summed E-state index contributed by atoms with van der Waals surface area (Å²) >= 11 is 0. The lowest BCUT2D eigenvalue weighted by Gasteiger charge is -2.39. The fraction of sp³-hybridized carbons (Fsp3) is 0.947. The molecule has 2 nitrogen and oxygen atoms in total. The van der Waals surface area contributed by atoms with Crippen LogP contribution in [0.2, 0.25) is 0 Å². The number of hydrogen-bond acceptors (Lipinski definition) is 2. The van der Waals surface area contributed by atoms with Gasteiger partial charge < -0.3 is 9.90 Å². The molecule has 1 N–H and O–H groups in total. The summed E-state index contributed by atoms with van der Waals surface area (Å²) in [5.41, 5.74) is 0.525. The van der Waals surface area contributed by atoms with E-state index in [2.05, 4.69) is 20.8 Å². The highest BCUT2D eigenvalue weighted by Gasteiger charge is 2.44. The Labute approximate surface area is 130 Å². The summed E-state index contributed by atoms with van der Waals surface area (Å²) in [6.45, 7) is 8.96. The molecule has 21 heavy (non-hydrogen) atoms. The highest BCUT2D eigenvalue weighted by atomic mass is 16.3. The first-order valence-corrected chi connectivity index (χ1v) is 8.97. The molecule has 0 aromatic heterocycles. The van der Waals surface area contributed by atoms with Crippen molar-refractivity contribution < 1.29 is 9.90 Å². The predicted molar refractivity (Wildman–Crippen MR) is 87.0 cm³/mol. The molecular weight excluding hydrogens is 260 g/mol. The van der Waals surface area contributed by atoms with E-state index in [0.29, 0.717) is 17.8 Å². The van der Waals surface area contributed by atoms with E-state index in [4.69, 9.17) is 0 Å². The van der Waals surface area contributed by atoms with E-state index in [1.807, 2.05) is 6.92 Å². The fourth-order valence-corrected chi connectivity index (χ4v) is 4.93. The molecule has 0 aromatic rings. The molecule has 2 saturated carbocycles. The van der Waals surface area contributed by atoms with Gasteiger partial charge in [-0.05, 0) is 67.6 Å². The summed E-state index contributed by atoms with van der Waals surface area (Å²) in [7, 11) is 0. The van der Waals surface area contributed by atoms with Crippen LogP contribution in [0.15, 0.2) is 0 Å². The molecular formula is C19H34O2. The van der Waals surface area contributed by atoms with Gasteiger partial charge in [0, 0.05) is 5.92 Å². The van der Waals surface area contributed by atoms with Crippen LogP contribution in [0.3, 0.4) is 0 Å². The fourth-order valence-electron chi connectivity index (χ4n) is 4.93. The Balaban J connectivity index is 1.84. The first kappa shape index (κ1) is 17.0. The third kappa shape index (κ3) is 4.09. The van der Waals surface area contributed by atoms with Gasteiger partial charge in [0.2, 0.25) is 0 Å². The number of rotatable bonds is 6. The van der Waals surface area contributed by atoms with E-state index >= 15 is 0 Å². The van der Waals surface area contributed by atoms with Gasteiger partial charge in [0.1, 0.15) is 6.29 Å². The third-order valence-electron chi connectivity index (χ3n) is 6.47. The highest BCUT2D eigenvalue weighted by molar-refractivity contribution is 5.52. The monoisotopic (exact) mass is 294 g/mol. The maximum Gasteiger partial charge on any atom is 0.122 e. The molecule has 2 fully saturated rings. The Morgan fingerprint density at radius 2 is 1.95 bits per heavy atom. The van der Waals surface area contributed by atoms with Crippen LogP contribution >= 0.6 is 0 Å². The molecule has 0 heterocycles. The van der Waals surface area contributed by atoms with E-state index in [-0.39, 0.29) is 12.0 Å². The average molecular weight is 294 g/mol. The zero-order valence-corrected chi connectivity index (χ0v) is 14.3. The van der Waals surface area contributed by atoms with Crippen LogP contribution in [-0.2, 0) is 4.79 Å². The maximum absolute atomic E-state index is 10.7. The van der Waals surface area contributed by atoms with E-state index in [0.717, 1.165) is 30.5 Å². The largest absolute Gasteiger partial charge is 0.393 e. The topological polar surface area (TPSA) is 37.3 Å². The van der Waals surface area contributed by atoms with Gasteiger partial charge in [-0.3, -0.25) is 0 Å². The second-order valence-electron chi connectivity index (χ2n) is 8.70. The molecule has 2 aliphatic carbocycles. The van der Waals surface area contributed by atoms with Crippen LogP contribution in [0.1, 0.15) is 72.6 Å². The third-order valence-corrected chi connectivity index (χ3v) is 6.47. The smallest absolute Gasteiger partial charge is 0.122 e. The molecule has 6 atom stereocenters. The lowest BCUT2D eigenvalue weighted by molar-refractivity contribution is -0.111. The highest BCUT2D eigenvalue weighted by Crippen LogP contribution is 2.54. The summed E-state index contributed by atoms with van der Waals surface area (Å²) in [4.78, 5) is 10.7. The Hall–Kier alpha value is -0.370. The summed E-state index contributed by atoms with van der Waals surface area (Å²) < 4.78 is 0. The maximum atomic E-state index is 10.7. The summed E-state index contributed by atoms with van der Waals surface area (Å²) in [6.07, 6.45) is 9.31. The summed E-state index contributed by atoms with van der Waals surface area (Å²) in [6, 6.07) is 0. The number of hydrogen-bond donors (Lipinski definition) is 1. The molecule has 6 unspecified atom stereocenters. The van der Waals surface area contributed by atoms with Gasteiger partial charge in [-0.2, -0.15) is 0 Å². The molecule has 0 bridgehead atoms. The van der Waals surface area contributed by atoms with E-state index in [1.165, 1.54) is 32.1 Å². The standard InChI is InChI=1S/C19H34O2/c1-13(12-20)9-18(21)14(2)10-15-5-6-16-7-8-19(3,4)17(16)11-15/h12-18,21H,5-11H2,1-4H3. The minimum absolute atomic E-state index is 0.0213. The Bertz CT molecular complexity index is 349. The number of aldehydes is 1. The van der Waals surface area contributed by atoms with Gasteiger partial charge in [0.05, 0.1) is 6.10 Å². The quantitative estimate of drug-likeness (QED) is 0.735. The molecule has 0 aliphatic heterocycles. The Morgan fingerprint density at radius 1 is 1.24 bits per heavy atom. The molecule has 0 aromatic carbocycles. The number of aliphatic hydroxyl groups is 1. The Morgan fingerprint density at radius 3 is 2.62 bits per heavy atom. The first-order valence-electron chi connectivity index (χ1n) is 8.97. The SMILES string of the molecule is CC(C=O)CC(O)C(C)CC1CCC2CCC(C)(C)C2C1. The average Bonchev–Trinajstić information content (AvgIpc) is 2.74. The second-order valence-corrected chi connectivity index (χ2v) is 8.70. The number of fused-ring (bicyclic) bond motifs is 1. The van der Waals surface area contributed by atoms with Gasteiger partial charge in [-0.15, -0.1) is 0 Å². The van der Waals surface area contributed by atoms with Crippen LogP contribution in [0.4, 0.5) is 0 Å². The number of aliphatic hydroxyl groups excluding tert-OH is 1. The van der Waals surface area contributed by atoms with Crippen molar-refractivity contribution in [1.82, 2.24) is 0 Å². The summed E-state index contributed by atoms with van der Waals surface area (Å²) in [5, 5.41) is 10.3. The lowest BCUT2D eigenvalue weighted by atomic mass is 9.66. The van der Waals surface area contributed by atoms with Crippen molar-refractivity contribution in [3.63, 3.8) is 0 Å². The lowest BCUT2D eigenvalue weighted by Crippen LogP contribution is -2.31. The van der Waals surface area contributed by atoms with Gasteiger partial charge in [0.25, 0.3) is 0 Å². The minimum atomic E-state index is -0.320. The molecule has 2 rings (SSSR count). The second kappa shape index (κ2) is 6.81. The van der Waals surface area contributed by atoms with E-state index in [9.17, 15) is 9.90 Å². The van der Waals surface area contributed by atoms with E-state index < -0.39 is 0 Å². The van der Waals surface area contributed by atoms with Crippen LogP contribution in [-0.4, -0.2) is 17.5 Å². The van der Waals surface area contributed by atoms with Crippen LogP contribution in [0, 0.1) is 35.0 Å².